The number of thiophene rings is 1. The van der Waals surface area contributed by atoms with Crippen molar-refractivity contribution in [3.63, 3.8) is 0 Å². The summed E-state index contributed by atoms with van der Waals surface area (Å²) in [4.78, 5) is 2.25. The van der Waals surface area contributed by atoms with Gasteiger partial charge < -0.3 is 15.0 Å². The maximum atomic E-state index is 13.7. The van der Waals surface area contributed by atoms with Gasteiger partial charge in [0.15, 0.2) is 0 Å². The van der Waals surface area contributed by atoms with Crippen molar-refractivity contribution < 1.29 is 13.2 Å². The first-order chi connectivity index (χ1) is 14.9. The Bertz CT molecular complexity index is 1400. The number of hydrogen-bond acceptors (Lipinski definition) is 6. The third kappa shape index (κ3) is 3.29. The predicted octanol–water partition coefficient (Wildman–Crippen LogP) is 4.47. The van der Waals surface area contributed by atoms with Gasteiger partial charge in [-0.05, 0) is 54.3 Å². The molecule has 31 heavy (non-hydrogen) atoms. The number of piperazine rings is 1. The molecule has 1 N–H and O–H groups in total. The molecule has 1 aliphatic heterocycles. The molecule has 2 aromatic heterocycles. The normalized spacial score (nSPS) is 15.1. The zero-order valence-electron chi connectivity index (χ0n) is 17.2. The van der Waals surface area contributed by atoms with Gasteiger partial charge in [0.1, 0.15) is 9.96 Å². The molecule has 1 saturated heterocycles. The van der Waals surface area contributed by atoms with Crippen LogP contribution in [0.1, 0.15) is 5.56 Å². The van der Waals surface area contributed by atoms with Gasteiger partial charge in [0, 0.05) is 47.5 Å². The van der Waals surface area contributed by atoms with Crippen molar-refractivity contribution in [1.82, 2.24) is 9.29 Å². The molecule has 9 heteroatoms. The van der Waals surface area contributed by atoms with Crippen molar-refractivity contribution in [2.75, 3.05) is 38.2 Å². The van der Waals surface area contributed by atoms with Gasteiger partial charge in [-0.3, -0.25) is 0 Å². The Labute approximate surface area is 190 Å². The van der Waals surface area contributed by atoms with Crippen LogP contribution < -0.4 is 15.0 Å². The Morgan fingerprint density at radius 3 is 2.61 bits per heavy atom. The number of anilines is 1. The highest BCUT2D eigenvalue weighted by molar-refractivity contribution is 7.92. The SMILES string of the molecule is COc1ccc2c(ccn2S(=O)(=O)c2sc3ccc(Cl)cc3c2C)c1N1CCNCC1. The van der Waals surface area contributed by atoms with Crippen LogP contribution in [0.25, 0.3) is 21.0 Å². The average molecular weight is 476 g/mol. The summed E-state index contributed by atoms with van der Waals surface area (Å²) in [6.45, 7) is 5.26. The van der Waals surface area contributed by atoms with Crippen LogP contribution in [0.15, 0.2) is 46.8 Å². The lowest BCUT2D eigenvalue weighted by Crippen LogP contribution is -2.43. The van der Waals surface area contributed by atoms with E-state index in [9.17, 15) is 8.42 Å². The molecule has 0 radical (unpaired) electrons. The lowest BCUT2D eigenvalue weighted by atomic mass is 10.1. The van der Waals surface area contributed by atoms with Crippen molar-refractivity contribution in [3.05, 3.63) is 53.2 Å². The summed E-state index contributed by atoms with van der Waals surface area (Å²) in [5, 5.41) is 5.68. The number of fused-ring (bicyclic) bond motifs is 2. The molecule has 162 valence electrons. The first-order valence-corrected chi connectivity index (χ1v) is 12.6. The van der Waals surface area contributed by atoms with Gasteiger partial charge in [0.25, 0.3) is 10.0 Å². The summed E-state index contributed by atoms with van der Waals surface area (Å²) < 4.78 is 35.7. The summed E-state index contributed by atoms with van der Waals surface area (Å²) >= 11 is 7.42. The lowest BCUT2D eigenvalue weighted by molar-refractivity contribution is 0.413. The summed E-state index contributed by atoms with van der Waals surface area (Å²) in [5.41, 5.74) is 2.31. The van der Waals surface area contributed by atoms with Crippen LogP contribution in [0.2, 0.25) is 5.02 Å². The van der Waals surface area contributed by atoms with Gasteiger partial charge >= 0.3 is 0 Å². The zero-order valence-corrected chi connectivity index (χ0v) is 19.6. The standard InChI is InChI=1S/C22H22ClN3O3S2/c1-14-17-13-15(23)3-6-20(17)30-22(14)31(27,28)26-10-7-16-18(26)4-5-19(29-2)21(16)25-11-8-24-9-12-25/h3-7,10,13,24H,8-9,11-12H2,1-2H3. The molecule has 0 unspecified atom stereocenters. The van der Waals surface area contributed by atoms with Crippen LogP contribution in [0.5, 0.6) is 5.75 Å². The number of hydrogen-bond donors (Lipinski definition) is 1. The molecular weight excluding hydrogens is 454 g/mol. The topological polar surface area (TPSA) is 63.6 Å². The minimum Gasteiger partial charge on any atom is -0.495 e. The fourth-order valence-corrected chi connectivity index (χ4v) is 7.59. The molecule has 1 fully saturated rings. The van der Waals surface area contributed by atoms with Gasteiger partial charge in [-0.25, -0.2) is 3.97 Å². The lowest BCUT2D eigenvalue weighted by Gasteiger charge is -2.31. The van der Waals surface area contributed by atoms with Gasteiger partial charge in [0.2, 0.25) is 0 Å². The Balaban J connectivity index is 1.70. The fourth-order valence-electron chi connectivity index (χ4n) is 4.25. The average Bonchev–Trinajstić information content (AvgIpc) is 3.36. The van der Waals surface area contributed by atoms with Crippen molar-refractivity contribution in [1.29, 1.82) is 0 Å². The first kappa shape index (κ1) is 20.6. The van der Waals surface area contributed by atoms with E-state index in [-0.39, 0.29) is 0 Å². The number of rotatable bonds is 4. The summed E-state index contributed by atoms with van der Waals surface area (Å²) in [7, 11) is -2.13. The molecule has 0 amide bonds. The van der Waals surface area contributed by atoms with E-state index in [4.69, 9.17) is 16.3 Å². The molecule has 2 aromatic carbocycles. The van der Waals surface area contributed by atoms with Gasteiger partial charge in [-0.1, -0.05) is 11.6 Å². The van der Waals surface area contributed by atoms with Crippen molar-refractivity contribution in [2.45, 2.75) is 11.1 Å². The molecule has 4 aromatic rings. The first-order valence-electron chi connectivity index (χ1n) is 10.00. The van der Waals surface area contributed by atoms with Crippen molar-refractivity contribution >= 4 is 59.6 Å². The third-order valence-electron chi connectivity index (χ3n) is 5.77. The van der Waals surface area contributed by atoms with Crippen LogP contribution in [-0.2, 0) is 10.0 Å². The Kier molecular flexibility index (Phi) is 5.13. The molecule has 6 nitrogen and oxygen atoms in total. The van der Waals surface area contributed by atoms with Crippen molar-refractivity contribution in [3.8, 4) is 5.75 Å². The molecule has 0 saturated carbocycles. The molecule has 1 aliphatic rings. The number of ether oxygens (including phenoxy) is 1. The third-order valence-corrected chi connectivity index (χ3v) is 9.57. The van der Waals surface area contributed by atoms with Gasteiger partial charge in [0.05, 0.1) is 18.3 Å². The van der Waals surface area contributed by atoms with E-state index in [0.717, 1.165) is 58.7 Å². The fraction of sp³-hybridized carbons (Fsp3) is 0.273. The van der Waals surface area contributed by atoms with Gasteiger partial charge in [-0.15, -0.1) is 11.3 Å². The molecule has 0 bridgehead atoms. The number of aryl methyl sites for hydroxylation is 1. The van der Waals surface area contributed by atoms with Crippen LogP contribution in [-0.4, -0.2) is 45.7 Å². The van der Waals surface area contributed by atoms with E-state index < -0.39 is 10.0 Å². The minimum absolute atomic E-state index is 0.335. The number of aromatic nitrogens is 1. The van der Waals surface area contributed by atoms with Crippen LogP contribution in [0.3, 0.4) is 0 Å². The van der Waals surface area contributed by atoms with E-state index in [2.05, 4.69) is 10.2 Å². The Hall–Kier alpha value is -2.26. The van der Waals surface area contributed by atoms with E-state index >= 15 is 0 Å². The quantitative estimate of drug-likeness (QED) is 0.471. The van der Waals surface area contributed by atoms with Crippen LogP contribution in [0, 0.1) is 6.92 Å². The molecular formula is C22H22ClN3O3S2. The highest BCUT2D eigenvalue weighted by Gasteiger charge is 2.27. The van der Waals surface area contributed by atoms with Crippen LogP contribution in [0.4, 0.5) is 5.69 Å². The molecule has 3 heterocycles. The second-order valence-electron chi connectivity index (χ2n) is 7.56. The second kappa shape index (κ2) is 7.70. The van der Waals surface area contributed by atoms with E-state index in [0.29, 0.717) is 14.7 Å². The number of nitrogens with zero attached hydrogens (tertiary/aromatic N) is 2. The summed E-state index contributed by atoms with van der Waals surface area (Å²) in [6, 6.07) is 11.0. The van der Waals surface area contributed by atoms with E-state index in [1.165, 1.54) is 15.3 Å². The molecule has 5 rings (SSSR count). The number of benzene rings is 2. The highest BCUT2D eigenvalue weighted by Crippen LogP contribution is 2.41. The summed E-state index contributed by atoms with van der Waals surface area (Å²) in [5.74, 6) is 0.747. The molecule has 0 atom stereocenters. The minimum atomic E-state index is -3.77. The number of nitrogens with one attached hydrogen (secondary N) is 1. The maximum absolute atomic E-state index is 13.7. The zero-order chi connectivity index (χ0) is 21.8. The number of halogens is 1. The maximum Gasteiger partial charge on any atom is 0.277 e. The Morgan fingerprint density at radius 2 is 1.87 bits per heavy atom. The molecule has 0 aliphatic carbocycles. The highest BCUT2D eigenvalue weighted by atomic mass is 35.5. The smallest absolute Gasteiger partial charge is 0.277 e. The van der Waals surface area contributed by atoms with Crippen molar-refractivity contribution in [2.24, 2.45) is 0 Å². The van der Waals surface area contributed by atoms with Crippen LogP contribution >= 0.6 is 22.9 Å². The second-order valence-corrected chi connectivity index (χ2v) is 11.1. The summed E-state index contributed by atoms with van der Waals surface area (Å²) in [6.07, 6.45) is 1.64. The largest absolute Gasteiger partial charge is 0.495 e. The molecule has 0 spiro atoms. The predicted molar refractivity (Wildman–Crippen MR) is 128 cm³/mol. The monoisotopic (exact) mass is 475 g/mol. The van der Waals surface area contributed by atoms with E-state index in [1.54, 1.807) is 19.4 Å². The Morgan fingerprint density at radius 1 is 1.10 bits per heavy atom. The van der Waals surface area contributed by atoms with Gasteiger partial charge in [-0.2, -0.15) is 8.42 Å². The number of methoxy groups -OCH3 is 1. The van der Waals surface area contributed by atoms with E-state index in [1.807, 2.05) is 37.3 Å².